The highest BCUT2D eigenvalue weighted by Gasteiger charge is 2.21. The highest BCUT2D eigenvalue weighted by Crippen LogP contribution is 2.27. The van der Waals surface area contributed by atoms with Gasteiger partial charge in [-0.3, -0.25) is 9.69 Å². The van der Waals surface area contributed by atoms with Crippen LogP contribution in [0.25, 0.3) is 22.2 Å². The molecule has 0 bridgehead atoms. The smallest absolute Gasteiger partial charge is 0.260 e. The second-order valence-electron chi connectivity index (χ2n) is 6.32. The molecule has 1 amide bonds. The molecule has 5 heteroatoms. The lowest BCUT2D eigenvalue weighted by Crippen LogP contribution is -2.31. The number of para-hydroxylation sites is 1. The van der Waals surface area contributed by atoms with Crippen LogP contribution in [0, 0.1) is 0 Å². The lowest BCUT2D eigenvalue weighted by Gasteiger charge is -2.21. The number of anilines is 1. The van der Waals surface area contributed by atoms with Gasteiger partial charge < -0.3 is 0 Å². The summed E-state index contributed by atoms with van der Waals surface area (Å²) in [5.74, 6) is 0.533. The topological polar surface area (TPSA) is 46.1 Å². The molecule has 0 aliphatic heterocycles. The second kappa shape index (κ2) is 7.90. The van der Waals surface area contributed by atoms with Gasteiger partial charge >= 0.3 is 0 Å². The van der Waals surface area contributed by atoms with Crippen molar-refractivity contribution in [3.05, 3.63) is 89.0 Å². The van der Waals surface area contributed by atoms with Crippen LogP contribution in [0.5, 0.6) is 0 Å². The Morgan fingerprint density at radius 2 is 1.75 bits per heavy atom. The minimum atomic E-state index is -0.0897. The van der Waals surface area contributed by atoms with Crippen molar-refractivity contribution in [1.82, 2.24) is 9.97 Å². The lowest BCUT2D eigenvalue weighted by atomic mass is 10.0. The molecule has 0 spiro atoms. The Balaban J connectivity index is 1.86. The molecule has 0 N–H and O–H groups in total. The molecular weight excluding hydrogens is 414 g/mol. The average Bonchev–Trinajstić information content (AvgIpc) is 2.75. The summed E-state index contributed by atoms with van der Waals surface area (Å²) in [6.45, 7) is 2.47. The number of benzene rings is 2. The molecule has 0 radical (unpaired) electrons. The standard InChI is InChI=1S/C23H18BrN3O/c1-2-27(22-13-12-17(24)15-25-22)23(28)19-14-21(16-8-4-3-5-9-16)26-20-11-7-6-10-18(19)20/h3-15H,2H2,1H3. The molecule has 4 rings (SSSR count). The Morgan fingerprint density at radius 1 is 1.00 bits per heavy atom. The fraction of sp³-hybridized carbons (Fsp3) is 0.0870. The quantitative estimate of drug-likeness (QED) is 0.414. The molecule has 0 fully saturated rings. The number of amides is 1. The van der Waals surface area contributed by atoms with Crippen LogP contribution in [0.1, 0.15) is 17.3 Å². The van der Waals surface area contributed by atoms with E-state index >= 15 is 0 Å². The minimum Gasteiger partial charge on any atom is -0.293 e. The van der Waals surface area contributed by atoms with Crippen LogP contribution < -0.4 is 4.90 Å². The minimum absolute atomic E-state index is 0.0897. The maximum Gasteiger partial charge on any atom is 0.260 e. The molecule has 2 heterocycles. The monoisotopic (exact) mass is 431 g/mol. The van der Waals surface area contributed by atoms with Crippen molar-refractivity contribution in [3.8, 4) is 11.3 Å². The van der Waals surface area contributed by atoms with E-state index in [0.717, 1.165) is 26.6 Å². The number of rotatable bonds is 4. The molecule has 4 nitrogen and oxygen atoms in total. The molecule has 2 aromatic heterocycles. The van der Waals surface area contributed by atoms with Crippen LogP contribution in [0.4, 0.5) is 5.82 Å². The zero-order chi connectivity index (χ0) is 19.5. The molecule has 4 aromatic rings. The first kappa shape index (κ1) is 18.3. The summed E-state index contributed by atoms with van der Waals surface area (Å²) in [6.07, 6.45) is 1.70. The molecule has 2 aromatic carbocycles. The number of fused-ring (bicyclic) bond motifs is 1. The summed E-state index contributed by atoms with van der Waals surface area (Å²) in [4.78, 5) is 24.4. The number of hydrogen-bond acceptors (Lipinski definition) is 3. The summed E-state index contributed by atoms with van der Waals surface area (Å²) in [5, 5.41) is 0.836. The van der Waals surface area contributed by atoms with Gasteiger partial charge in [0.15, 0.2) is 0 Å². The van der Waals surface area contributed by atoms with E-state index in [9.17, 15) is 4.79 Å². The molecule has 0 aliphatic rings. The van der Waals surface area contributed by atoms with Gasteiger partial charge in [-0.2, -0.15) is 0 Å². The summed E-state index contributed by atoms with van der Waals surface area (Å²) in [7, 11) is 0. The fourth-order valence-corrected chi connectivity index (χ4v) is 3.43. The van der Waals surface area contributed by atoms with Gasteiger partial charge in [-0.05, 0) is 47.1 Å². The van der Waals surface area contributed by atoms with E-state index in [4.69, 9.17) is 4.98 Å². The Bertz CT molecular complexity index is 1130. The molecule has 138 valence electrons. The first-order valence-corrected chi connectivity index (χ1v) is 9.85. The zero-order valence-electron chi connectivity index (χ0n) is 15.3. The summed E-state index contributed by atoms with van der Waals surface area (Å²) in [6, 6.07) is 23.2. The predicted octanol–water partition coefficient (Wildman–Crippen LogP) is 5.73. The molecule has 0 atom stereocenters. The molecule has 0 saturated heterocycles. The van der Waals surface area contributed by atoms with Crippen molar-refractivity contribution in [2.24, 2.45) is 0 Å². The van der Waals surface area contributed by atoms with Crippen molar-refractivity contribution in [3.63, 3.8) is 0 Å². The van der Waals surface area contributed by atoms with Gasteiger partial charge in [-0.25, -0.2) is 9.97 Å². The van der Waals surface area contributed by atoms with Gasteiger partial charge in [0.2, 0.25) is 0 Å². The zero-order valence-corrected chi connectivity index (χ0v) is 16.9. The summed E-state index contributed by atoms with van der Waals surface area (Å²) < 4.78 is 0.875. The van der Waals surface area contributed by atoms with Gasteiger partial charge in [-0.15, -0.1) is 0 Å². The van der Waals surface area contributed by atoms with Crippen molar-refractivity contribution in [1.29, 1.82) is 0 Å². The normalized spacial score (nSPS) is 10.8. The fourth-order valence-electron chi connectivity index (χ4n) is 3.19. The lowest BCUT2D eigenvalue weighted by molar-refractivity contribution is 0.0989. The molecular formula is C23H18BrN3O. The molecule has 0 saturated carbocycles. The first-order chi connectivity index (χ1) is 13.7. The Morgan fingerprint density at radius 3 is 2.46 bits per heavy atom. The SMILES string of the molecule is CCN(C(=O)c1cc(-c2ccccc2)nc2ccccc12)c1ccc(Br)cn1. The number of nitrogens with zero attached hydrogens (tertiary/aromatic N) is 3. The van der Waals surface area contributed by atoms with Crippen LogP contribution >= 0.6 is 15.9 Å². The van der Waals surface area contributed by atoms with Crippen LogP contribution in [0.3, 0.4) is 0 Å². The van der Waals surface area contributed by atoms with Crippen LogP contribution in [0.2, 0.25) is 0 Å². The number of halogens is 1. The third-order valence-corrected chi connectivity index (χ3v) is 5.03. The Kier molecular flexibility index (Phi) is 5.17. The number of hydrogen-bond donors (Lipinski definition) is 0. The van der Waals surface area contributed by atoms with Gasteiger partial charge in [-0.1, -0.05) is 48.5 Å². The number of carbonyl (C=O) groups excluding carboxylic acids is 1. The number of aromatic nitrogens is 2. The van der Waals surface area contributed by atoms with E-state index in [1.807, 2.05) is 79.7 Å². The van der Waals surface area contributed by atoms with Crippen molar-refractivity contribution in [2.45, 2.75) is 6.92 Å². The van der Waals surface area contributed by atoms with E-state index in [0.29, 0.717) is 17.9 Å². The van der Waals surface area contributed by atoms with E-state index in [2.05, 4.69) is 20.9 Å². The van der Waals surface area contributed by atoms with Gasteiger partial charge in [0.25, 0.3) is 5.91 Å². The maximum absolute atomic E-state index is 13.5. The van der Waals surface area contributed by atoms with Crippen molar-refractivity contribution < 1.29 is 4.79 Å². The highest BCUT2D eigenvalue weighted by molar-refractivity contribution is 9.10. The summed E-state index contributed by atoms with van der Waals surface area (Å²) >= 11 is 3.39. The maximum atomic E-state index is 13.5. The largest absolute Gasteiger partial charge is 0.293 e. The number of carbonyl (C=O) groups is 1. The first-order valence-electron chi connectivity index (χ1n) is 9.06. The van der Waals surface area contributed by atoms with E-state index in [1.165, 1.54) is 0 Å². The van der Waals surface area contributed by atoms with Crippen molar-refractivity contribution >= 4 is 38.6 Å². The highest BCUT2D eigenvalue weighted by atomic mass is 79.9. The Labute approximate surface area is 172 Å². The Hall–Kier alpha value is -3.05. The van der Waals surface area contributed by atoms with Gasteiger partial charge in [0.1, 0.15) is 5.82 Å². The molecule has 0 aliphatic carbocycles. The van der Waals surface area contributed by atoms with Gasteiger partial charge in [0.05, 0.1) is 16.8 Å². The number of pyridine rings is 2. The third kappa shape index (κ3) is 3.53. The average molecular weight is 432 g/mol. The van der Waals surface area contributed by atoms with Crippen LogP contribution in [-0.4, -0.2) is 22.4 Å². The predicted molar refractivity (Wildman–Crippen MR) is 116 cm³/mol. The van der Waals surface area contributed by atoms with E-state index in [1.54, 1.807) is 11.1 Å². The van der Waals surface area contributed by atoms with Crippen LogP contribution in [-0.2, 0) is 0 Å². The third-order valence-electron chi connectivity index (χ3n) is 4.57. The van der Waals surface area contributed by atoms with Gasteiger partial charge in [0, 0.05) is 28.2 Å². The van der Waals surface area contributed by atoms with Crippen molar-refractivity contribution in [2.75, 3.05) is 11.4 Å². The van der Waals surface area contributed by atoms with E-state index in [-0.39, 0.29) is 5.91 Å². The molecule has 0 unspecified atom stereocenters. The van der Waals surface area contributed by atoms with Crippen LogP contribution in [0.15, 0.2) is 83.5 Å². The molecule has 28 heavy (non-hydrogen) atoms. The van der Waals surface area contributed by atoms with E-state index < -0.39 is 0 Å². The summed E-state index contributed by atoms with van der Waals surface area (Å²) in [5.41, 5.74) is 3.18. The second-order valence-corrected chi connectivity index (χ2v) is 7.24.